The second-order valence-corrected chi connectivity index (χ2v) is 2.19. The van der Waals surface area contributed by atoms with Crippen molar-refractivity contribution in [3.8, 4) is 0 Å². The SMILES string of the molecule is CC1CC(=O)N(C)N1. The second-order valence-electron chi connectivity index (χ2n) is 2.19. The summed E-state index contributed by atoms with van der Waals surface area (Å²) >= 11 is 0. The van der Waals surface area contributed by atoms with Gasteiger partial charge in [-0.25, -0.2) is 5.43 Å². The number of nitrogens with one attached hydrogen (secondary N) is 1. The van der Waals surface area contributed by atoms with Crippen molar-refractivity contribution in [2.45, 2.75) is 19.4 Å². The fourth-order valence-electron chi connectivity index (χ4n) is 0.847. The van der Waals surface area contributed by atoms with Crippen molar-refractivity contribution in [3.63, 3.8) is 0 Å². The largest absolute Gasteiger partial charge is 0.281 e. The average molecular weight is 114 g/mol. The van der Waals surface area contributed by atoms with Crippen LogP contribution in [0.5, 0.6) is 0 Å². The quantitative estimate of drug-likeness (QED) is 0.470. The topological polar surface area (TPSA) is 32.3 Å². The molecule has 0 aromatic heterocycles. The van der Waals surface area contributed by atoms with Crippen LogP contribution in [-0.4, -0.2) is 24.0 Å². The molecular weight excluding hydrogens is 104 g/mol. The van der Waals surface area contributed by atoms with Gasteiger partial charge in [0.25, 0.3) is 0 Å². The van der Waals surface area contributed by atoms with Gasteiger partial charge < -0.3 is 0 Å². The highest BCUT2D eigenvalue weighted by Crippen LogP contribution is 2.02. The zero-order valence-electron chi connectivity index (χ0n) is 5.14. The summed E-state index contributed by atoms with van der Waals surface area (Å²) in [7, 11) is 1.74. The zero-order valence-corrected chi connectivity index (χ0v) is 5.14. The van der Waals surface area contributed by atoms with Crippen LogP contribution in [0.15, 0.2) is 0 Å². The van der Waals surface area contributed by atoms with Crippen molar-refractivity contribution in [1.82, 2.24) is 10.4 Å². The Kier molecular flexibility index (Phi) is 1.21. The number of carbonyl (C=O) groups is 1. The standard InChI is InChI=1S/C5H10N2O/c1-4-3-5(8)7(2)6-4/h4,6H,3H2,1-2H3. The lowest BCUT2D eigenvalue weighted by molar-refractivity contribution is -0.128. The molecule has 1 heterocycles. The van der Waals surface area contributed by atoms with Crippen molar-refractivity contribution in [2.75, 3.05) is 7.05 Å². The van der Waals surface area contributed by atoms with Gasteiger partial charge in [-0.1, -0.05) is 0 Å². The third kappa shape index (κ3) is 0.816. The Labute approximate surface area is 48.6 Å². The van der Waals surface area contributed by atoms with E-state index in [1.165, 1.54) is 5.01 Å². The zero-order chi connectivity index (χ0) is 6.15. The summed E-state index contributed by atoms with van der Waals surface area (Å²) in [4.78, 5) is 10.6. The Balaban J connectivity index is 2.51. The van der Waals surface area contributed by atoms with Crippen LogP contribution >= 0.6 is 0 Å². The number of hydrogen-bond acceptors (Lipinski definition) is 2. The molecule has 46 valence electrons. The molecule has 1 rings (SSSR count). The number of carbonyl (C=O) groups excluding carboxylic acids is 1. The molecule has 1 N–H and O–H groups in total. The van der Waals surface area contributed by atoms with Crippen LogP contribution in [0.25, 0.3) is 0 Å². The molecule has 1 fully saturated rings. The first-order valence-electron chi connectivity index (χ1n) is 2.73. The molecule has 0 saturated carbocycles. The van der Waals surface area contributed by atoms with Crippen LogP contribution in [0.4, 0.5) is 0 Å². The van der Waals surface area contributed by atoms with Gasteiger partial charge in [0.1, 0.15) is 0 Å². The highest BCUT2D eigenvalue weighted by molar-refractivity contribution is 5.77. The van der Waals surface area contributed by atoms with Crippen LogP contribution in [0.1, 0.15) is 13.3 Å². The summed E-state index contributed by atoms with van der Waals surface area (Å²) in [6.45, 7) is 1.99. The molecule has 3 nitrogen and oxygen atoms in total. The maximum absolute atomic E-state index is 10.6. The van der Waals surface area contributed by atoms with Gasteiger partial charge in [0.15, 0.2) is 0 Å². The maximum Gasteiger partial charge on any atom is 0.238 e. The number of rotatable bonds is 0. The summed E-state index contributed by atoms with van der Waals surface area (Å²) in [6.07, 6.45) is 0.635. The van der Waals surface area contributed by atoms with Crippen LogP contribution in [-0.2, 0) is 4.79 Å². The molecule has 1 atom stereocenters. The van der Waals surface area contributed by atoms with E-state index in [4.69, 9.17) is 0 Å². The third-order valence-electron chi connectivity index (χ3n) is 1.27. The van der Waals surface area contributed by atoms with E-state index < -0.39 is 0 Å². The van der Waals surface area contributed by atoms with Crippen molar-refractivity contribution in [3.05, 3.63) is 0 Å². The van der Waals surface area contributed by atoms with E-state index in [9.17, 15) is 4.79 Å². The van der Waals surface area contributed by atoms with Gasteiger partial charge in [-0.15, -0.1) is 0 Å². The molecule has 0 spiro atoms. The third-order valence-corrected chi connectivity index (χ3v) is 1.27. The van der Waals surface area contributed by atoms with E-state index in [1.807, 2.05) is 6.92 Å². The number of hydrogen-bond donors (Lipinski definition) is 1. The van der Waals surface area contributed by atoms with Gasteiger partial charge in [0, 0.05) is 19.5 Å². The summed E-state index contributed by atoms with van der Waals surface area (Å²) in [5.74, 6) is 0.178. The van der Waals surface area contributed by atoms with Crippen LogP contribution in [0, 0.1) is 0 Å². The Morgan fingerprint density at radius 3 is 2.62 bits per heavy atom. The summed E-state index contributed by atoms with van der Waals surface area (Å²) in [5.41, 5.74) is 2.95. The van der Waals surface area contributed by atoms with Gasteiger partial charge in [-0.3, -0.25) is 9.80 Å². The molecule has 3 heteroatoms. The second kappa shape index (κ2) is 1.74. The molecule has 1 aliphatic rings. The molecule has 0 aromatic carbocycles. The predicted molar refractivity (Wildman–Crippen MR) is 30.0 cm³/mol. The smallest absolute Gasteiger partial charge is 0.238 e. The van der Waals surface area contributed by atoms with E-state index in [0.29, 0.717) is 12.5 Å². The van der Waals surface area contributed by atoms with Crippen molar-refractivity contribution < 1.29 is 4.79 Å². The van der Waals surface area contributed by atoms with E-state index in [1.54, 1.807) is 7.05 Å². The molecule has 1 aliphatic heterocycles. The summed E-state index contributed by atoms with van der Waals surface area (Å²) in [6, 6.07) is 0.326. The number of amides is 1. The van der Waals surface area contributed by atoms with Crippen molar-refractivity contribution in [2.24, 2.45) is 0 Å². The minimum Gasteiger partial charge on any atom is -0.281 e. The first-order chi connectivity index (χ1) is 3.70. The Bertz CT molecular complexity index is 113. The molecule has 0 bridgehead atoms. The minimum atomic E-state index is 0.178. The molecule has 1 unspecified atom stereocenters. The van der Waals surface area contributed by atoms with Crippen LogP contribution < -0.4 is 5.43 Å². The lowest BCUT2D eigenvalue weighted by Gasteiger charge is -2.07. The predicted octanol–water partition coefficient (Wildman–Crippen LogP) is -0.258. The fourth-order valence-corrected chi connectivity index (χ4v) is 0.847. The van der Waals surface area contributed by atoms with Crippen LogP contribution in [0.2, 0.25) is 0 Å². The molecular formula is C5H10N2O. The Morgan fingerprint density at radius 1 is 1.88 bits per heavy atom. The van der Waals surface area contributed by atoms with E-state index >= 15 is 0 Å². The van der Waals surface area contributed by atoms with E-state index in [-0.39, 0.29) is 5.91 Å². The first-order valence-corrected chi connectivity index (χ1v) is 2.73. The van der Waals surface area contributed by atoms with E-state index in [0.717, 1.165) is 0 Å². The Morgan fingerprint density at radius 2 is 2.50 bits per heavy atom. The van der Waals surface area contributed by atoms with Gasteiger partial charge >= 0.3 is 0 Å². The molecule has 8 heavy (non-hydrogen) atoms. The van der Waals surface area contributed by atoms with Gasteiger partial charge in [0.2, 0.25) is 5.91 Å². The van der Waals surface area contributed by atoms with Gasteiger partial charge in [-0.05, 0) is 6.92 Å². The monoisotopic (exact) mass is 114 g/mol. The van der Waals surface area contributed by atoms with Crippen molar-refractivity contribution >= 4 is 5.91 Å². The maximum atomic E-state index is 10.6. The van der Waals surface area contributed by atoms with E-state index in [2.05, 4.69) is 5.43 Å². The molecule has 0 aliphatic carbocycles. The highest BCUT2D eigenvalue weighted by atomic mass is 16.2. The average Bonchev–Trinajstić information content (AvgIpc) is 1.85. The van der Waals surface area contributed by atoms with Crippen LogP contribution in [0.3, 0.4) is 0 Å². The minimum absolute atomic E-state index is 0.178. The molecule has 0 radical (unpaired) electrons. The van der Waals surface area contributed by atoms with Gasteiger partial charge in [-0.2, -0.15) is 0 Å². The summed E-state index contributed by atoms with van der Waals surface area (Å²) in [5, 5.41) is 1.53. The molecule has 1 saturated heterocycles. The lowest BCUT2D eigenvalue weighted by Crippen LogP contribution is -2.32. The fraction of sp³-hybridized carbons (Fsp3) is 0.800. The highest BCUT2D eigenvalue weighted by Gasteiger charge is 2.21. The first kappa shape index (κ1) is 5.56. The van der Waals surface area contributed by atoms with Gasteiger partial charge in [0.05, 0.1) is 0 Å². The lowest BCUT2D eigenvalue weighted by atomic mass is 10.3. The number of nitrogens with zero attached hydrogens (tertiary/aromatic N) is 1. The normalized spacial score (nSPS) is 29.5. The summed E-state index contributed by atoms with van der Waals surface area (Å²) < 4.78 is 0. The number of hydrazine groups is 1. The molecule has 0 aromatic rings. The molecule has 1 amide bonds. The Hall–Kier alpha value is -0.570. The van der Waals surface area contributed by atoms with Crippen molar-refractivity contribution in [1.29, 1.82) is 0 Å².